The van der Waals surface area contributed by atoms with Crippen LogP contribution in [0.2, 0.25) is 0 Å². The van der Waals surface area contributed by atoms with Crippen LogP contribution in [0.4, 0.5) is 0 Å². The van der Waals surface area contributed by atoms with Crippen LogP contribution in [0.3, 0.4) is 0 Å². The minimum Gasteiger partial charge on any atom is -0.347 e. The standard InChI is InChI=1S/C22H30N4O3S/c1-24-17-20(30(28,29)26-12-5-6-13-26)14-21(24)22(27)23-19-10-7-11-25(16-19)15-18-8-3-2-4-9-18/h2-4,8-9,14,17,19H,5-7,10-13,15-16H2,1H3,(H,23,27). The highest BCUT2D eigenvalue weighted by molar-refractivity contribution is 7.89. The van der Waals surface area contributed by atoms with Gasteiger partial charge in [0.25, 0.3) is 5.91 Å². The lowest BCUT2D eigenvalue weighted by Gasteiger charge is -2.33. The topological polar surface area (TPSA) is 74.6 Å². The number of amides is 1. The summed E-state index contributed by atoms with van der Waals surface area (Å²) in [6.45, 7) is 3.79. The molecule has 2 saturated heterocycles. The van der Waals surface area contributed by atoms with E-state index < -0.39 is 10.0 Å². The van der Waals surface area contributed by atoms with Gasteiger partial charge in [0.1, 0.15) is 10.6 Å². The number of sulfonamides is 1. The van der Waals surface area contributed by atoms with Crippen molar-refractivity contribution in [2.24, 2.45) is 7.05 Å². The summed E-state index contributed by atoms with van der Waals surface area (Å²) < 4.78 is 28.7. The molecule has 1 aromatic heterocycles. The maximum atomic E-state index is 12.9. The van der Waals surface area contributed by atoms with E-state index >= 15 is 0 Å². The predicted molar refractivity (Wildman–Crippen MR) is 116 cm³/mol. The van der Waals surface area contributed by atoms with Crippen LogP contribution in [0.1, 0.15) is 41.7 Å². The highest BCUT2D eigenvalue weighted by atomic mass is 32.2. The molecule has 4 rings (SSSR count). The number of hydrogen-bond donors (Lipinski definition) is 1. The summed E-state index contributed by atoms with van der Waals surface area (Å²) in [5.41, 5.74) is 1.65. The van der Waals surface area contributed by atoms with Crippen LogP contribution in [0.15, 0.2) is 47.5 Å². The largest absolute Gasteiger partial charge is 0.347 e. The van der Waals surface area contributed by atoms with E-state index in [2.05, 4.69) is 22.3 Å². The van der Waals surface area contributed by atoms with E-state index in [4.69, 9.17) is 0 Å². The molecule has 2 aromatic rings. The van der Waals surface area contributed by atoms with Gasteiger partial charge in [-0.1, -0.05) is 30.3 Å². The first kappa shape index (κ1) is 21.1. The van der Waals surface area contributed by atoms with E-state index in [9.17, 15) is 13.2 Å². The molecule has 0 radical (unpaired) electrons. The van der Waals surface area contributed by atoms with Crippen molar-refractivity contribution in [3.05, 3.63) is 53.9 Å². The third kappa shape index (κ3) is 4.61. The molecule has 2 fully saturated rings. The molecule has 1 atom stereocenters. The molecule has 1 amide bonds. The van der Waals surface area contributed by atoms with Gasteiger partial charge in [0.05, 0.1) is 0 Å². The maximum Gasteiger partial charge on any atom is 0.268 e. The zero-order chi connectivity index (χ0) is 21.1. The van der Waals surface area contributed by atoms with Gasteiger partial charge in [0, 0.05) is 45.5 Å². The number of aromatic nitrogens is 1. The Balaban J connectivity index is 1.40. The molecule has 162 valence electrons. The Morgan fingerprint density at radius 1 is 1.10 bits per heavy atom. The van der Waals surface area contributed by atoms with E-state index in [0.717, 1.165) is 45.3 Å². The fourth-order valence-electron chi connectivity index (χ4n) is 4.40. The molecule has 0 aliphatic carbocycles. The van der Waals surface area contributed by atoms with Gasteiger partial charge in [-0.15, -0.1) is 0 Å². The number of benzene rings is 1. The van der Waals surface area contributed by atoms with E-state index in [1.165, 1.54) is 15.9 Å². The summed E-state index contributed by atoms with van der Waals surface area (Å²) in [6, 6.07) is 11.9. The monoisotopic (exact) mass is 430 g/mol. The Bertz CT molecular complexity index is 981. The second-order valence-electron chi connectivity index (χ2n) is 8.32. The first-order valence-corrected chi connectivity index (χ1v) is 12.1. The maximum absolute atomic E-state index is 12.9. The van der Waals surface area contributed by atoms with Gasteiger partial charge < -0.3 is 9.88 Å². The van der Waals surface area contributed by atoms with Crippen molar-refractivity contribution in [1.82, 2.24) is 19.1 Å². The molecular weight excluding hydrogens is 400 g/mol. The van der Waals surface area contributed by atoms with E-state index in [-0.39, 0.29) is 16.8 Å². The van der Waals surface area contributed by atoms with Crippen LogP contribution in [0, 0.1) is 0 Å². The van der Waals surface area contributed by atoms with Crippen LogP contribution < -0.4 is 5.32 Å². The zero-order valence-corrected chi connectivity index (χ0v) is 18.3. The Labute approximate surface area is 178 Å². The van der Waals surface area contributed by atoms with Crippen LogP contribution in [0.5, 0.6) is 0 Å². The quantitative estimate of drug-likeness (QED) is 0.763. The minimum absolute atomic E-state index is 0.0588. The van der Waals surface area contributed by atoms with Crippen LogP contribution in [-0.4, -0.2) is 60.3 Å². The summed E-state index contributed by atoms with van der Waals surface area (Å²) in [5.74, 6) is -0.216. The van der Waals surface area contributed by atoms with Gasteiger partial charge in [-0.2, -0.15) is 4.31 Å². The number of piperidine rings is 1. The van der Waals surface area contributed by atoms with Gasteiger partial charge >= 0.3 is 0 Å². The highest BCUT2D eigenvalue weighted by Crippen LogP contribution is 2.23. The third-order valence-electron chi connectivity index (χ3n) is 6.01. The molecule has 2 aliphatic rings. The lowest BCUT2D eigenvalue weighted by Crippen LogP contribution is -2.47. The third-order valence-corrected chi connectivity index (χ3v) is 7.87. The molecule has 0 saturated carbocycles. The zero-order valence-electron chi connectivity index (χ0n) is 17.5. The van der Waals surface area contributed by atoms with Gasteiger partial charge in [-0.25, -0.2) is 8.42 Å². The first-order valence-electron chi connectivity index (χ1n) is 10.7. The van der Waals surface area contributed by atoms with Gasteiger partial charge in [-0.3, -0.25) is 9.69 Å². The van der Waals surface area contributed by atoms with Gasteiger partial charge in [0.2, 0.25) is 10.0 Å². The predicted octanol–water partition coefficient (Wildman–Crippen LogP) is 2.20. The van der Waals surface area contributed by atoms with Crippen molar-refractivity contribution in [3.8, 4) is 0 Å². The van der Waals surface area contributed by atoms with Gasteiger partial charge in [-0.05, 0) is 43.9 Å². The number of carbonyl (C=O) groups is 1. The Morgan fingerprint density at radius 3 is 2.57 bits per heavy atom. The summed E-state index contributed by atoms with van der Waals surface area (Å²) in [7, 11) is -1.80. The molecule has 1 unspecified atom stereocenters. The normalized spacial score (nSPS) is 21.0. The van der Waals surface area contributed by atoms with E-state index in [0.29, 0.717) is 18.8 Å². The van der Waals surface area contributed by atoms with E-state index in [1.54, 1.807) is 17.8 Å². The van der Waals surface area contributed by atoms with Crippen LogP contribution in [-0.2, 0) is 23.6 Å². The smallest absolute Gasteiger partial charge is 0.268 e. The van der Waals surface area contributed by atoms with Crippen molar-refractivity contribution >= 4 is 15.9 Å². The number of carbonyl (C=O) groups excluding carboxylic acids is 1. The van der Waals surface area contributed by atoms with Crippen LogP contribution in [0.25, 0.3) is 0 Å². The lowest BCUT2D eigenvalue weighted by atomic mass is 10.0. The summed E-state index contributed by atoms with van der Waals surface area (Å²) >= 11 is 0. The average Bonchev–Trinajstić information content (AvgIpc) is 3.40. The fourth-order valence-corrected chi connectivity index (χ4v) is 5.99. The molecule has 8 heteroatoms. The fraction of sp³-hybridized carbons (Fsp3) is 0.500. The highest BCUT2D eigenvalue weighted by Gasteiger charge is 2.30. The number of hydrogen-bond acceptors (Lipinski definition) is 4. The van der Waals surface area contributed by atoms with Crippen LogP contribution >= 0.6 is 0 Å². The number of rotatable bonds is 6. The summed E-state index contributed by atoms with van der Waals surface area (Å²) in [4.78, 5) is 15.5. The van der Waals surface area contributed by atoms with Crippen molar-refractivity contribution in [2.45, 2.75) is 43.2 Å². The summed E-state index contributed by atoms with van der Waals surface area (Å²) in [6.07, 6.45) is 5.28. The molecule has 30 heavy (non-hydrogen) atoms. The Hall–Kier alpha value is -2.16. The molecule has 0 bridgehead atoms. The molecular formula is C22H30N4O3S. The number of nitrogens with one attached hydrogen (secondary N) is 1. The number of aryl methyl sites for hydroxylation is 1. The van der Waals surface area contributed by atoms with Crippen molar-refractivity contribution in [3.63, 3.8) is 0 Å². The molecule has 2 aliphatic heterocycles. The summed E-state index contributed by atoms with van der Waals surface area (Å²) in [5, 5.41) is 3.12. The molecule has 3 heterocycles. The second-order valence-corrected chi connectivity index (χ2v) is 10.3. The average molecular weight is 431 g/mol. The van der Waals surface area contributed by atoms with Crippen molar-refractivity contribution in [1.29, 1.82) is 0 Å². The minimum atomic E-state index is -3.53. The SMILES string of the molecule is Cn1cc(S(=O)(=O)N2CCCC2)cc1C(=O)NC1CCCN(Cc2ccccc2)C1. The molecule has 7 nitrogen and oxygen atoms in total. The van der Waals surface area contributed by atoms with Gasteiger partial charge in [0.15, 0.2) is 0 Å². The van der Waals surface area contributed by atoms with Crippen molar-refractivity contribution < 1.29 is 13.2 Å². The first-order chi connectivity index (χ1) is 14.4. The second kappa shape index (κ2) is 8.91. The van der Waals surface area contributed by atoms with E-state index in [1.807, 2.05) is 18.2 Å². The molecule has 1 N–H and O–H groups in total. The molecule has 0 spiro atoms. The Kier molecular flexibility index (Phi) is 6.26. The lowest BCUT2D eigenvalue weighted by molar-refractivity contribution is 0.0892. The van der Waals surface area contributed by atoms with Crippen molar-refractivity contribution in [2.75, 3.05) is 26.2 Å². The Morgan fingerprint density at radius 2 is 1.83 bits per heavy atom. The molecule has 1 aromatic carbocycles. The number of nitrogens with zero attached hydrogens (tertiary/aromatic N) is 3. The number of likely N-dealkylation sites (tertiary alicyclic amines) is 1.